The number of hydrogen-bond donors (Lipinski definition) is 1. The van der Waals surface area contributed by atoms with Crippen molar-refractivity contribution >= 4 is 16.9 Å². The van der Waals surface area contributed by atoms with Crippen molar-refractivity contribution in [1.29, 1.82) is 0 Å². The van der Waals surface area contributed by atoms with E-state index >= 15 is 0 Å². The lowest BCUT2D eigenvalue weighted by Gasteiger charge is -2.09. The summed E-state index contributed by atoms with van der Waals surface area (Å²) < 4.78 is 25.3. The van der Waals surface area contributed by atoms with Crippen LogP contribution in [0.5, 0.6) is 5.88 Å². The molecule has 2 aromatic heterocycles. The van der Waals surface area contributed by atoms with Gasteiger partial charge in [-0.05, 0) is 48.9 Å². The van der Waals surface area contributed by atoms with Gasteiger partial charge in [0.05, 0.1) is 29.3 Å². The average Bonchev–Trinajstić information content (AvgIpc) is 2.78. The van der Waals surface area contributed by atoms with Gasteiger partial charge in [0.15, 0.2) is 0 Å². The van der Waals surface area contributed by atoms with Crippen LogP contribution in [0.25, 0.3) is 16.6 Å². The third-order valence-corrected chi connectivity index (χ3v) is 4.80. The van der Waals surface area contributed by atoms with E-state index in [1.54, 1.807) is 19.1 Å². The van der Waals surface area contributed by atoms with Crippen LogP contribution in [0, 0.1) is 12.7 Å². The zero-order chi connectivity index (χ0) is 22.8. The number of carbonyl (C=O) groups is 1. The fourth-order valence-electron chi connectivity index (χ4n) is 3.32. The highest BCUT2D eigenvalue weighted by atomic mass is 19.1. The van der Waals surface area contributed by atoms with Crippen LogP contribution >= 0.6 is 0 Å². The standard InChI is InChI=1S/C23H18FN3O5/c1-13-9-14(10-20(25-13)31-2)12-32-22(29)15-7-8-16-18(11-15)26-23(30)27(21(16)28)19-6-4-3-5-17(19)24/h3-11H,12H2,1-2H3,(H,26,30). The van der Waals surface area contributed by atoms with Crippen molar-refractivity contribution in [3.05, 3.63) is 98.1 Å². The molecule has 8 nitrogen and oxygen atoms in total. The van der Waals surface area contributed by atoms with E-state index in [0.29, 0.717) is 17.1 Å². The van der Waals surface area contributed by atoms with Crippen molar-refractivity contribution in [2.24, 2.45) is 0 Å². The summed E-state index contributed by atoms with van der Waals surface area (Å²) in [5.41, 5.74) is 0.0182. The fraction of sp³-hybridized carbons (Fsp3) is 0.130. The van der Waals surface area contributed by atoms with Crippen LogP contribution in [0.2, 0.25) is 0 Å². The van der Waals surface area contributed by atoms with Gasteiger partial charge in [0.1, 0.15) is 12.4 Å². The Bertz CT molecular complexity index is 1460. The van der Waals surface area contributed by atoms with Crippen molar-refractivity contribution < 1.29 is 18.7 Å². The second kappa shape index (κ2) is 8.46. The molecule has 4 aromatic rings. The lowest BCUT2D eigenvalue weighted by Crippen LogP contribution is -2.34. The number of rotatable bonds is 5. The molecule has 4 rings (SSSR count). The number of aromatic nitrogens is 3. The number of aromatic amines is 1. The number of hydrogen-bond acceptors (Lipinski definition) is 6. The Balaban J connectivity index is 1.64. The number of halogens is 1. The molecule has 2 aromatic carbocycles. The number of esters is 1. The van der Waals surface area contributed by atoms with Crippen molar-refractivity contribution in [3.8, 4) is 11.6 Å². The van der Waals surface area contributed by atoms with E-state index in [0.717, 1.165) is 10.6 Å². The molecule has 0 saturated carbocycles. The fourth-order valence-corrected chi connectivity index (χ4v) is 3.32. The first-order valence-electron chi connectivity index (χ1n) is 9.60. The van der Waals surface area contributed by atoms with Crippen LogP contribution in [0.15, 0.2) is 64.2 Å². The predicted molar refractivity (Wildman–Crippen MR) is 115 cm³/mol. The van der Waals surface area contributed by atoms with Crippen LogP contribution in [-0.2, 0) is 11.3 Å². The molecule has 0 aliphatic heterocycles. The first kappa shape index (κ1) is 21.0. The molecule has 0 aliphatic carbocycles. The van der Waals surface area contributed by atoms with E-state index in [9.17, 15) is 18.8 Å². The molecule has 0 atom stereocenters. The molecule has 162 valence electrons. The number of methoxy groups -OCH3 is 1. The molecule has 1 N–H and O–H groups in total. The van der Waals surface area contributed by atoms with Gasteiger partial charge in [-0.3, -0.25) is 4.79 Å². The first-order chi connectivity index (χ1) is 15.4. The maximum absolute atomic E-state index is 14.1. The van der Waals surface area contributed by atoms with Crippen LogP contribution in [0.3, 0.4) is 0 Å². The molecule has 2 heterocycles. The number of carbonyl (C=O) groups excluding carboxylic acids is 1. The highest BCUT2D eigenvalue weighted by Gasteiger charge is 2.15. The Hall–Kier alpha value is -4.27. The van der Waals surface area contributed by atoms with Gasteiger partial charge in [-0.1, -0.05) is 12.1 Å². The maximum Gasteiger partial charge on any atom is 0.338 e. The Kier molecular flexibility index (Phi) is 5.55. The Morgan fingerprint density at radius 1 is 1.12 bits per heavy atom. The summed E-state index contributed by atoms with van der Waals surface area (Å²) in [7, 11) is 1.49. The molecule has 0 unspecified atom stereocenters. The lowest BCUT2D eigenvalue weighted by atomic mass is 10.1. The van der Waals surface area contributed by atoms with E-state index in [4.69, 9.17) is 9.47 Å². The quantitative estimate of drug-likeness (QED) is 0.484. The second-order valence-electron chi connectivity index (χ2n) is 7.02. The molecule has 0 bridgehead atoms. The molecule has 0 aliphatic rings. The Labute approximate surface area is 180 Å². The minimum atomic E-state index is -0.822. The van der Waals surface area contributed by atoms with Gasteiger partial charge in [-0.2, -0.15) is 0 Å². The Morgan fingerprint density at radius 2 is 1.91 bits per heavy atom. The molecule has 32 heavy (non-hydrogen) atoms. The minimum absolute atomic E-state index is 0.0119. The number of aryl methyl sites for hydroxylation is 1. The van der Waals surface area contributed by atoms with Crippen LogP contribution < -0.4 is 16.0 Å². The molecule has 0 amide bonds. The molecule has 0 saturated heterocycles. The number of H-pyrrole nitrogens is 1. The molecule has 0 fully saturated rings. The molecular weight excluding hydrogens is 417 g/mol. The van der Waals surface area contributed by atoms with E-state index in [-0.39, 0.29) is 28.8 Å². The third kappa shape index (κ3) is 4.00. The average molecular weight is 435 g/mol. The summed E-state index contributed by atoms with van der Waals surface area (Å²) in [6.07, 6.45) is 0. The molecule has 0 radical (unpaired) electrons. The molecule has 0 spiro atoms. The highest BCUT2D eigenvalue weighted by Crippen LogP contribution is 2.16. The highest BCUT2D eigenvalue weighted by molar-refractivity contribution is 5.94. The summed E-state index contributed by atoms with van der Waals surface area (Å²) in [5, 5.41) is 0.124. The number of ether oxygens (including phenoxy) is 2. The van der Waals surface area contributed by atoms with Crippen LogP contribution in [0.4, 0.5) is 4.39 Å². The summed E-state index contributed by atoms with van der Waals surface area (Å²) in [6, 6.07) is 13.0. The summed E-state index contributed by atoms with van der Waals surface area (Å²) in [6.45, 7) is 1.78. The maximum atomic E-state index is 14.1. The second-order valence-corrected chi connectivity index (χ2v) is 7.02. The Morgan fingerprint density at radius 3 is 2.66 bits per heavy atom. The van der Waals surface area contributed by atoms with Gasteiger partial charge >= 0.3 is 11.7 Å². The molecule has 9 heteroatoms. The number of nitrogens with one attached hydrogen (secondary N) is 1. The van der Waals surface area contributed by atoms with Gasteiger partial charge < -0.3 is 14.5 Å². The van der Waals surface area contributed by atoms with Crippen molar-refractivity contribution in [1.82, 2.24) is 14.5 Å². The van der Waals surface area contributed by atoms with E-state index in [1.165, 1.54) is 43.5 Å². The van der Waals surface area contributed by atoms with E-state index in [2.05, 4.69) is 9.97 Å². The third-order valence-electron chi connectivity index (χ3n) is 4.80. The summed E-state index contributed by atoms with van der Waals surface area (Å²) >= 11 is 0. The van der Waals surface area contributed by atoms with Gasteiger partial charge in [0.2, 0.25) is 5.88 Å². The number of pyridine rings is 1. The zero-order valence-corrected chi connectivity index (χ0v) is 17.2. The summed E-state index contributed by atoms with van der Waals surface area (Å²) in [5.74, 6) is -0.937. The smallest absolute Gasteiger partial charge is 0.338 e. The van der Waals surface area contributed by atoms with Gasteiger partial charge in [-0.25, -0.2) is 23.5 Å². The van der Waals surface area contributed by atoms with Crippen LogP contribution in [0.1, 0.15) is 21.6 Å². The van der Waals surface area contributed by atoms with Crippen LogP contribution in [-0.4, -0.2) is 27.6 Å². The SMILES string of the molecule is COc1cc(COC(=O)c2ccc3c(=O)n(-c4ccccc4F)c(=O)[nH]c3c2)cc(C)n1. The minimum Gasteiger partial charge on any atom is -0.481 e. The predicted octanol–water partition coefficient (Wildman–Crippen LogP) is 2.89. The molecular formula is C23H18FN3O5. The van der Waals surface area contributed by atoms with Crippen molar-refractivity contribution in [2.45, 2.75) is 13.5 Å². The first-order valence-corrected chi connectivity index (χ1v) is 9.60. The lowest BCUT2D eigenvalue weighted by molar-refractivity contribution is 0.0472. The van der Waals surface area contributed by atoms with Gasteiger partial charge in [0.25, 0.3) is 5.56 Å². The normalized spacial score (nSPS) is 10.8. The largest absolute Gasteiger partial charge is 0.481 e. The zero-order valence-electron chi connectivity index (χ0n) is 17.2. The number of benzene rings is 2. The van der Waals surface area contributed by atoms with Crippen molar-refractivity contribution in [2.75, 3.05) is 7.11 Å². The van der Waals surface area contributed by atoms with Gasteiger partial charge in [0, 0.05) is 11.8 Å². The van der Waals surface area contributed by atoms with E-state index < -0.39 is 23.0 Å². The monoisotopic (exact) mass is 435 g/mol. The number of fused-ring (bicyclic) bond motifs is 1. The summed E-state index contributed by atoms with van der Waals surface area (Å²) in [4.78, 5) is 44.5. The number of nitrogens with zero attached hydrogens (tertiary/aromatic N) is 2. The van der Waals surface area contributed by atoms with Crippen molar-refractivity contribution in [3.63, 3.8) is 0 Å². The van der Waals surface area contributed by atoms with Gasteiger partial charge in [-0.15, -0.1) is 0 Å². The topological polar surface area (TPSA) is 103 Å². The number of para-hydroxylation sites is 1. The van der Waals surface area contributed by atoms with E-state index in [1.807, 2.05) is 0 Å².